The first-order valence-electron chi connectivity index (χ1n) is 12.2. The molecular formula is C25H29N5O6S3. The molecule has 2 aromatic rings. The van der Waals surface area contributed by atoms with Gasteiger partial charge in [0.1, 0.15) is 33.2 Å². The van der Waals surface area contributed by atoms with Crippen molar-refractivity contribution in [3.8, 4) is 5.75 Å². The van der Waals surface area contributed by atoms with Crippen LogP contribution in [0.15, 0.2) is 45.3 Å². The number of carboxylic acid groups (broad SMARTS) is 1. The summed E-state index contributed by atoms with van der Waals surface area (Å²) in [5.41, 5.74) is 7.68. The number of carbonyl (C=O) groups is 4. The lowest BCUT2D eigenvalue weighted by atomic mass is 10.0. The van der Waals surface area contributed by atoms with Gasteiger partial charge in [-0.15, -0.1) is 23.1 Å². The van der Waals surface area contributed by atoms with Crippen molar-refractivity contribution in [1.29, 1.82) is 0 Å². The van der Waals surface area contributed by atoms with Gasteiger partial charge in [-0.05, 0) is 37.1 Å². The maximum absolute atomic E-state index is 13.0. The summed E-state index contributed by atoms with van der Waals surface area (Å²) in [6.07, 6.45) is 0.213. The first kappa shape index (κ1) is 28.9. The van der Waals surface area contributed by atoms with Gasteiger partial charge in [0, 0.05) is 30.0 Å². The minimum absolute atomic E-state index is 0.00871. The highest BCUT2D eigenvalue weighted by molar-refractivity contribution is 8.01. The zero-order valence-electron chi connectivity index (χ0n) is 21.3. The number of nitrogens with one attached hydrogen (secondary N) is 1. The van der Waals surface area contributed by atoms with Crippen molar-refractivity contribution in [3.05, 3.63) is 52.2 Å². The highest BCUT2D eigenvalue weighted by atomic mass is 32.2. The number of benzene rings is 1. The highest BCUT2D eigenvalue weighted by Crippen LogP contribution is 2.42. The number of thioether (sulfide) groups is 2. The molecule has 3 amide bonds. The molecule has 2 aliphatic heterocycles. The zero-order valence-corrected chi connectivity index (χ0v) is 23.8. The van der Waals surface area contributed by atoms with E-state index in [2.05, 4.69) is 10.3 Å². The SMILES string of the molecule is CCN(CC)C(=O)Cc1csc(SCC2=C(C(=O)O)N3C(=O)C(NC(=O)C(N)c4ccc(O)cc4)[C@@H]3SC2)n1. The summed E-state index contributed by atoms with van der Waals surface area (Å²) < 4.78 is 0.713. The van der Waals surface area contributed by atoms with Gasteiger partial charge in [-0.3, -0.25) is 19.3 Å². The van der Waals surface area contributed by atoms with Crippen molar-refractivity contribution in [1.82, 2.24) is 20.1 Å². The average Bonchev–Trinajstić information content (AvgIpc) is 3.37. The molecule has 39 heavy (non-hydrogen) atoms. The number of carbonyl (C=O) groups excluding carboxylic acids is 3. The maximum Gasteiger partial charge on any atom is 0.352 e. The van der Waals surface area contributed by atoms with Gasteiger partial charge in [0.2, 0.25) is 11.8 Å². The number of aromatic nitrogens is 1. The number of carboxylic acids is 1. The Labute approximate surface area is 237 Å². The Bertz CT molecular complexity index is 1290. The summed E-state index contributed by atoms with van der Waals surface area (Å²) in [6, 6.07) is 3.93. The summed E-state index contributed by atoms with van der Waals surface area (Å²) in [4.78, 5) is 57.6. The summed E-state index contributed by atoms with van der Waals surface area (Å²) in [5, 5.41) is 23.3. The van der Waals surface area contributed by atoms with E-state index in [-0.39, 0.29) is 23.8 Å². The number of nitrogens with zero attached hydrogens (tertiary/aromatic N) is 3. The number of aliphatic carboxylic acids is 1. The summed E-state index contributed by atoms with van der Waals surface area (Å²) in [6.45, 7) is 5.12. The van der Waals surface area contributed by atoms with Crippen molar-refractivity contribution in [2.24, 2.45) is 5.73 Å². The van der Waals surface area contributed by atoms with E-state index in [4.69, 9.17) is 5.73 Å². The molecule has 3 atom stereocenters. The quantitative estimate of drug-likeness (QED) is 0.224. The Morgan fingerprint density at radius 3 is 2.59 bits per heavy atom. The molecule has 11 nitrogen and oxygen atoms in total. The number of hydrogen-bond donors (Lipinski definition) is 4. The molecule has 2 unspecified atom stereocenters. The Kier molecular flexibility index (Phi) is 9.20. The van der Waals surface area contributed by atoms with Crippen LogP contribution in [0.25, 0.3) is 0 Å². The van der Waals surface area contributed by atoms with Gasteiger partial charge >= 0.3 is 5.97 Å². The Balaban J connectivity index is 1.39. The molecule has 3 heterocycles. The number of amides is 3. The number of hydrogen-bond acceptors (Lipinski definition) is 10. The van der Waals surface area contributed by atoms with Crippen LogP contribution in [0.2, 0.25) is 0 Å². The van der Waals surface area contributed by atoms with Gasteiger partial charge in [0.25, 0.3) is 5.91 Å². The van der Waals surface area contributed by atoms with Gasteiger partial charge in [-0.25, -0.2) is 9.78 Å². The molecule has 1 saturated heterocycles. The fraction of sp³-hybridized carbons (Fsp3) is 0.400. The molecule has 0 saturated carbocycles. The van der Waals surface area contributed by atoms with Crippen molar-refractivity contribution in [3.63, 3.8) is 0 Å². The van der Waals surface area contributed by atoms with Crippen LogP contribution in [0.5, 0.6) is 5.75 Å². The number of β-lactam (4-membered cyclic amide) rings is 1. The smallest absolute Gasteiger partial charge is 0.352 e. The van der Waals surface area contributed by atoms with Crippen LogP contribution in [-0.2, 0) is 25.6 Å². The number of aromatic hydroxyl groups is 1. The molecule has 0 aliphatic carbocycles. The summed E-state index contributed by atoms with van der Waals surface area (Å²) >= 11 is 4.13. The molecule has 4 rings (SSSR count). The standard InChI is InChI=1S/C25H29N5O6S3/c1-3-29(4-2)17(32)9-15-12-39-25(27-15)38-11-14-10-37-23-19(22(34)30(23)20(14)24(35)36)28-21(33)18(26)13-5-7-16(31)8-6-13/h5-8,12,18-19,23,31H,3-4,9-11,26H2,1-2H3,(H,28,33)(H,35,36)/t18?,19?,23-/m0/s1. The number of phenols is 1. The number of thiazole rings is 1. The number of rotatable bonds is 11. The third-order valence-corrected chi connectivity index (χ3v) is 9.93. The third-order valence-electron chi connectivity index (χ3n) is 6.43. The zero-order chi connectivity index (χ0) is 28.3. The van der Waals surface area contributed by atoms with Crippen molar-refractivity contribution in [2.75, 3.05) is 24.6 Å². The van der Waals surface area contributed by atoms with Crippen LogP contribution in [0, 0.1) is 0 Å². The lowest BCUT2D eigenvalue weighted by molar-refractivity contribution is -0.150. The maximum atomic E-state index is 13.0. The number of nitrogens with two attached hydrogens (primary N) is 1. The van der Waals surface area contributed by atoms with E-state index < -0.39 is 35.2 Å². The number of fused-ring (bicyclic) bond motifs is 1. The van der Waals surface area contributed by atoms with E-state index in [0.29, 0.717) is 45.8 Å². The molecule has 1 fully saturated rings. The number of likely N-dealkylation sites (N-methyl/N-ethyl adjacent to an activating group) is 1. The fourth-order valence-electron chi connectivity index (χ4n) is 4.30. The largest absolute Gasteiger partial charge is 0.508 e. The Hall–Kier alpha value is -3.07. The second kappa shape index (κ2) is 12.4. The van der Waals surface area contributed by atoms with E-state index in [1.807, 2.05) is 19.2 Å². The van der Waals surface area contributed by atoms with Crippen molar-refractivity contribution in [2.45, 2.75) is 42.1 Å². The molecule has 0 spiro atoms. The van der Waals surface area contributed by atoms with Crippen LogP contribution in [0.4, 0.5) is 0 Å². The predicted octanol–water partition coefficient (Wildman–Crippen LogP) is 1.79. The molecule has 1 aromatic heterocycles. The lowest BCUT2D eigenvalue weighted by Crippen LogP contribution is -2.71. The van der Waals surface area contributed by atoms with Gasteiger partial charge in [0.05, 0.1) is 12.1 Å². The van der Waals surface area contributed by atoms with Crippen molar-refractivity contribution < 1.29 is 29.4 Å². The average molecular weight is 592 g/mol. The third kappa shape index (κ3) is 6.24. The molecule has 14 heteroatoms. The van der Waals surface area contributed by atoms with Gasteiger partial charge in [-0.2, -0.15) is 0 Å². The molecule has 2 aliphatic rings. The van der Waals surface area contributed by atoms with E-state index in [1.54, 1.807) is 4.90 Å². The van der Waals surface area contributed by atoms with E-state index in [1.165, 1.54) is 64.0 Å². The molecule has 1 aromatic carbocycles. The van der Waals surface area contributed by atoms with Crippen LogP contribution in [0.3, 0.4) is 0 Å². The van der Waals surface area contributed by atoms with Gasteiger partial charge in [0.15, 0.2) is 0 Å². The van der Waals surface area contributed by atoms with Crippen LogP contribution in [-0.4, -0.2) is 84.7 Å². The van der Waals surface area contributed by atoms with Crippen LogP contribution in [0.1, 0.15) is 31.1 Å². The predicted molar refractivity (Wildman–Crippen MR) is 149 cm³/mol. The first-order valence-corrected chi connectivity index (χ1v) is 15.2. The second-order valence-electron chi connectivity index (χ2n) is 8.86. The topological polar surface area (TPSA) is 166 Å². The molecule has 208 valence electrons. The van der Waals surface area contributed by atoms with E-state index in [9.17, 15) is 29.4 Å². The van der Waals surface area contributed by atoms with Crippen molar-refractivity contribution >= 4 is 58.6 Å². The molecule has 5 N–H and O–H groups in total. The summed E-state index contributed by atoms with van der Waals surface area (Å²) in [5.74, 6) is -1.54. The fourth-order valence-corrected chi connectivity index (χ4v) is 7.63. The second-order valence-corrected chi connectivity index (χ2v) is 12.0. The molecular weight excluding hydrogens is 563 g/mol. The minimum atomic E-state index is -1.21. The number of phenolic OH excluding ortho intramolecular Hbond substituents is 1. The molecule has 0 bridgehead atoms. The minimum Gasteiger partial charge on any atom is -0.508 e. The lowest BCUT2D eigenvalue weighted by Gasteiger charge is -2.49. The van der Waals surface area contributed by atoms with E-state index >= 15 is 0 Å². The van der Waals surface area contributed by atoms with E-state index in [0.717, 1.165) is 0 Å². The summed E-state index contributed by atoms with van der Waals surface area (Å²) in [7, 11) is 0. The normalized spacial score (nSPS) is 19.3. The van der Waals surface area contributed by atoms with Gasteiger partial charge < -0.3 is 26.2 Å². The highest BCUT2D eigenvalue weighted by Gasteiger charge is 2.54. The molecule has 0 radical (unpaired) electrons. The Morgan fingerprint density at radius 2 is 1.95 bits per heavy atom. The monoisotopic (exact) mass is 591 g/mol. The van der Waals surface area contributed by atoms with Crippen LogP contribution >= 0.6 is 34.9 Å². The van der Waals surface area contributed by atoms with Crippen LogP contribution < -0.4 is 11.1 Å². The Morgan fingerprint density at radius 1 is 1.26 bits per heavy atom. The van der Waals surface area contributed by atoms with Gasteiger partial charge in [-0.1, -0.05) is 23.9 Å². The first-order chi connectivity index (χ1) is 18.6.